The van der Waals surface area contributed by atoms with Gasteiger partial charge in [-0.25, -0.2) is 9.97 Å². The van der Waals surface area contributed by atoms with Gasteiger partial charge in [-0.2, -0.15) is 0 Å². The van der Waals surface area contributed by atoms with E-state index in [2.05, 4.69) is 36.1 Å². The molecule has 100 valence electrons. The second-order valence-electron chi connectivity index (χ2n) is 5.71. The standard InChI is InChI=1S/C13H20ClN3O/c1-13(2,3)12-16-10(14)7-11(17-12)15-9-5-4-6-18-8-9/h7,9H,4-6,8H2,1-3H3,(H,15,16,17). The van der Waals surface area contributed by atoms with Crippen LogP contribution in [0.5, 0.6) is 0 Å². The molecule has 1 saturated heterocycles. The van der Waals surface area contributed by atoms with Crippen LogP contribution < -0.4 is 5.32 Å². The van der Waals surface area contributed by atoms with Gasteiger partial charge in [0.1, 0.15) is 16.8 Å². The number of nitrogens with one attached hydrogen (secondary N) is 1. The average Bonchev–Trinajstić information content (AvgIpc) is 2.28. The Morgan fingerprint density at radius 3 is 2.78 bits per heavy atom. The summed E-state index contributed by atoms with van der Waals surface area (Å²) in [7, 11) is 0. The zero-order valence-corrected chi connectivity index (χ0v) is 11.9. The third-order valence-electron chi connectivity index (χ3n) is 2.88. The smallest absolute Gasteiger partial charge is 0.137 e. The SMILES string of the molecule is CC(C)(C)c1nc(Cl)cc(NC2CCCOC2)n1. The number of hydrogen-bond donors (Lipinski definition) is 1. The fraction of sp³-hybridized carbons (Fsp3) is 0.692. The number of nitrogens with zero attached hydrogens (tertiary/aromatic N) is 2. The van der Waals surface area contributed by atoms with Gasteiger partial charge in [0.15, 0.2) is 0 Å². The van der Waals surface area contributed by atoms with Crippen LogP contribution in [-0.2, 0) is 10.2 Å². The molecule has 0 bridgehead atoms. The van der Waals surface area contributed by atoms with E-state index in [1.54, 1.807) is 6.07 Å². The van der Waals surface area contributed by atoms with Crippen molar-refractivity contribution in [2.45, 2.75) is 45.1 Å². The van der Waals surface area contributed by atoms with Crippen LogP contribution in [0.3, 0.4) is 0 Å². The minimum Gasteiger partial charge on any atom is -0.379 e. The van der Waals surface area contributed by atoms with Crippen LogP contribution in [0.15, 0.2) is 6.07 Å². The molecule has 4 nitrogen and oxygen atoms in total. The van der Waals surface area contributed by atoms with Crippen LogP contribution in [0.2, 0.25) is 5.15 Å². The van der Waals surface area contributed by atoms with Crippen LogP contribution in [-0.4, -0.2) is 29.2 Å². The summed E-state index contributed by atoms with van der Waals surface area (Å²) in [6.45, 7) is 7.81. The Morgan fingerprint density at radius 1 is 1.39 bits per heavy atom. The van der Waals surface area contributed by atoms with Crippen molar-refractivity contribution < 1.29 is 4.74 Å². The van der Waals surface area contributed by atoms with Gasteiger partial charge in [-0.15, -0.1) is 0 Å². The summed E-state index contributed by atoms with van der Waals surface area (Å²) in [6, 6.07) is 2.09. The summed E-state index contributed by atoms with van der Waals surface area (Å²) >= 11 is 6.05. The summed E-state index contributed by atoms with van der Waals surface area (Å²) in [4.78, 5) is 8.82. The Morgan fingerprint density at radius 2 is 2.17 bits per heavy atom. The van der Waals surface area contributed by atoms with E-state index in [0.29, 0.717) is 11.2 Å². The van der Waals surface area contributed by atoms with E-state index in [1.165, 1.54) is 0 Å². The van der Waals surface area contributed by atoms with Crippen LogP contribution in [0.25, 0.3) is 0 Å². The zero-order chi connectivity index (χ0) is 13.2. The van der Waals surface area contributed by atoms with Gasteiger partial charge in [-0.05, 0) is 12.8 Å². The lowest BCUT2D eigenvalue weighted by atomic mass is 9.96. The highest BCUT2D eigenvalue weighted by molar-refractivity contribution is 6.29. The summed E-state index contributed by atoms with van der Waals surface area (Å²) < 4.78 is 5.44. The van der Waals surface area contributed by atoms with E-state index in [4.69, 9.17) is 16.3 Å². The molecule has 1 aliphatic heterocycles. The van der Waals surface area contributed by atoms with E-state index >= 15 is 0 Å². The molecule has 0 radical (unpaired) electrons. The van der Waals surface area contributed by atoms with Crippen molar-refractivity contribution in [2.75, 3.05) is 18.5 Å². The lowest BCUT2D eigenvalue weighted by Gasteiger charge is -2.24. The third-order valence-corrected chi connectivity index (χ3v) is 3.07. The van der Waals surface area contributed by atoms with Gasteiger partial charge < -0.3 is 10.1 Å². The molecular weight excluding hydrogens is 250 g/mol. The van der Waals surface area contributed by atoms with Crippen molar-refractivity contribution in [1.29, 1.82) is 0 Å². The molecule has 1 aliphatic rings. The molecule has 0 spiro atoms. The Bertz CT molecular complexity index is 411. The van der Waals surface area contributed by atoms with E-state index in [1.807, 2.05) is 0 Å². The third kappa shape index (κ3) is 3.56. The topological polar surface area (TPSA) is 47.0 Å². The number of anilines is 1. The average molecular weight is 270 g/mol. The van der Waals surface area contributed by atoms with Crippen molar-refractivity contribution in [1.82, 2.24) is 9.97 Å². The zero-order valence-electron chi connectivity index (χ0n) is 11.2. The quantitative estimate of drug-likeness (QED) is 0.839. The number of rotatable bonds is 2. The van der Waals surface area contributed by atoms with Gasteiger partial charge in [0, 0.05) is 18.1 Å². The monoisotopic (exact) mass is 269 g/mol. The number of hydrogen-bond acceptors (Lipinski definition) is 4. The molecule has 1 unspecified atom stereocenters. The molecule has 1 N–H and O–H groups in total. The second kappa shape index (κ2) is 5.41. The maximum Gasteiger partial charge on any atom is 0.137 e. The lowest BCUT2D eigenvalue weighted by molar-refractivity contribution is 0.0875. The first-order valence-corrected chi connectivity index (χ1v) is 6.72. The first-order valence-electron chi connectivity index (χ1n) is 6.34. The van der Waals surface area contributed by atoms with Crippen LogP contribution in [0.4, 0.5) is 5.82 Å². The molecule has 0 amide bonds. The van der Waals surface area contributed by atoms with Gasteiger partial charge in [-0.3, -0.25) is 0 Å². The van der Waals surface area contributed by atoms with Gasteiger partial charge in [0.2, 0.25) is 0 Å². The first kappa shape index (κ1) is 13.6. The first-order chi connectivity index (χ1) is 8.45. The maximum absolute atomic E-state index is 6.05. The van der Waals surface area contributed by atoms with Crippen LogP contribution >= 0.6 is 11.6 Å². The van der Waals surface area contributed by atoms with Crippen LogP contribution in [0, 0.1) is 0 Å². The fourth-order valence-electron chi connectivity index (χ4n) is 1.89. The Kier molecular flexibility index (Phi) is 4.07. The van der Waals surface area contributed by atoms with Gasteiger partial charge in [0.25, 0.3) is 0 Å². The van der Waals surface area contributed by atoms with Gasteiger partial charge in [0.05, 0.1) is 12.6 Å². The number of ether oxygens (including phenoxy) is 1. The molecule has 1 aromatic heterocycles. The Labute approximate surface area is 113 Å². The minimum absolute atomic E-state index is 0.107. The number of halogens is 1. The van der Waals surface area contributed by atoms with Crippen molar-refractivity contribution in [2.24, 2.45) is 0 Å². The van der Waals surface area contributed by atoms with Gasteiger partial charge in [-0.1, -0.05) is 32.4 Å². The molecule has 18 heavy (non-hydrogen) atoms. The summed E-state index contributed by atoms with van der Waals surface area (Å²) in [5.74, 6) is 1.55. The van der Waals surface area contributed by atoms with E-state index in [9.17, 15) is 0 Å². The van der Waals surface area contributed by atoms with Crippen molar-refractivity contribution in [3.05, 3.63) is 17.0 Å². The molecule has 2 heterocycles. The summed E-state index contributed by atoms with van der Waals surface area (Å²) in [6.07, 6.45) is 2.19. The molecule has 0 saturated carbocycles. The normalized spacial score (nSPS) is 20.8. The molecular formula is C13H20ClN3O. The molecule has 1 aromatic rings. The molecule has 1 atom stereocenters. The second-order valence-corrected chi connectivity index (χ2v) is 6.10. The van der Waals surface area contributed by atoms with Crippen LogP contribution in [0.1, 0.15) is 39.4 Å². The lowest BCUT2D eigenvalue weighted by Crippen LogP contribution is -2.30. The molecule has 5 heteroatoms. The molecule has 0 aliphatic carbocycles. The maximum atomic E-state index is 6.05. The van der Waals surface area contributed by atoms with Gasteiger partial charge >= 0.3 is 0 Å². The van der Waals surface area contributed by atoms with E-state index < -0.39 is 0 Å². The molecule has 2 rings (SSSR count). The van der Waals surface area contributed by atoms with E-state index in [0.717, 1.165) is 37.7 Å². The van der Waals surface area contributed by atoms with Crippen molar-refractivity contribution in [3.8, 4) is 0 Å². The summed E-state index contributed by atoms with van der Waals surface area (Å²) in [5, 5.41) is 3.85. The fourth-order valence-corrected chi connectivity index (χ4v) is 2.07. The largest absolute Gasteiger partial charge is 0.379 e. The highest BCUT2D eigenvalue weighted by Gasteiger charge is 2.20. The van der Waals surface area contributed by atoms with E-state index in [-0.39, 0.29) is 5.41 Å². The predicted octanol–water partition coefficient (Wildman–Crippen LogP) is 3.02. The highest BCUT2D eigenvalue weighted by atomic mass is 35.5. The highest BCUT2D eigenvalue weighted by Crippen LogP contribution is 2.23. The van der Waals surface area contributed by atoms with Crippen molar-refractivity contribution >= 4 is 17.4 Å². The molecule has 0 aromatic carbocycles. The summed E-state index contributed by atoms with van der Waals surface area (Å²) in [5.41, 5.74) is -0.107. The Hall–Kier alpha value is -0.870. The minimum atomic E-state index is -0.107. The number of aromatic nitrogens is 2. The van der Waals surface area contributed by atoms with Crippen molar-refractivity contribution in [3.63, 3.8) is 0 Å². The molecule has 1 fully saturated rings. The Balaban J connectivity index is 2.14. The predicted molar refractivity (Wildman–Crippen MR) is 73.2 cm³/mol.